The number of nitrogens with one attached hydrogen (secondary N) is 2. The molecule has 1 aromatic heterocycles. The predicted molar refractivity (Wildman–Crippen MR) is 110 cm³/mol. The molecule has 2 amide bonds. The first-order valence-corrected chi connectivity index (χ1v) is 10.0. The average molecular weight is 390 g/mol. The maximum atomic E-state index is 12.7. The molecule has 0 saturated heterocycles. The van der Waals surface area contributed by atoms with Gasteiger partial charge in [0.15, 0.2) is 5.13 Å². The van der Waals surface area contributed by atoms with Gasteiger partial charge in [-0.25, -0.2) is 4.98 Å². The van der Waals surface area contributed by atoms with Gasteiger partial charge in [-0.3, -0.25) is 9.59 Å². The van der Waals surface area contributed by atoms with Gasteiger partial charge in [-0.2, -0.15) is 0 Å². The number of fused-ring (bicyclic) bond motifs is 2. The Morgan fingerprint density at radius 1 is 1.18 bits per heavy atom. The summed E-state index contributed by atoms with van der Waals surface area (Å²) in [7, 11) is 0. The van der Waals surface area contributed by atoms with Crippen LogP contribution in [0.5, 0.6) is 0 Å². The molecule has 0 saturated carbocycles. The highest BCUT2D eigenvalue weighted by molar-refractivity contribution is 7.13. The van der Waals surface area contributed by atoms with Crippen LogP contribution in [0.1, 0.15) is 21.5 Å². The van der Waals surface area contributed by atoms with Crippen LogP contribution in [0.25, 0.3) is 11.1 Å². The van der Waals surface area contributed by atoms with E-state index in [-0.39, 0.29) is 18.4 Å². The van der Waals surface area contributed by atoms with Crippen LogP contribution in [0.15, 0.2) is 48.0 Å². The molecule has 2 N–H and O–H groups in total. The SMILES string of the molecule is O=C(CN1Cc2cc(-c3ccc4c(c3)CCN4)ccc2C1=O)Nc1nccs1. The van der Waals surface area contributed by atoms with Crippen molar-refractivity contribution in [2.75, 3.05) is 23.7 Å². The van der Waals surface area contributed by atoms with Crippen molar-refractivity contribution in [1.29, 1.82) is 0 Å². The molecule has 140 valence electrons. The number of anilines is 2. The molecule has 0 unspecified atom stereocenters. The quantitative estimate of drug-likeness (QED) is 0.716. The molecule has 3 aromatic rings. The fraction of sp³-hybridized carbons (Fsp3) is 0.190. The van der Waals surface area contributed by atoms with Gasteiger partial charge in [0, 0.05) is 35.9 Å². The predicted octanol–water partition coefficient (Wildman–Crippen LogP) is 3.37. The molecule has 7 heteroatoms. The van der Waals surface area contributed by atoms with E-state index in [9.17, 15) is 9.59 Å². The Balaban J connectivity index is 1.34. The molecule has 0 bridgehead atoms. The van der Waals surface area contributed by atoms with E-state index >= 15 is 0 Å². The van der Waals surface area contributed by atoms with Gasteiger partial charge >= 0.3 is 0 Å². The number of aromatic nitrogens is 1. The highest BCUT2D eigenvalue weighted by Gasteiger charge is 2.29. The van der Waals surface area contributed by atoms with Crippen molar-refractivity contribution in [3.63, 3.8) is 0 Å². The zero-order chi connectivity index (χ0) is 19.1. The van der Waals surface area contributed by atoms with Crippen molar-refractivity contribution < 1.29 is 9.59 Å². The number of nitrogens with zero attached hydrogens (tertiary/aromatic N) is 2. The lowest BCUT2D eigenvalue weighted by molar-refractivity contribution is -0.116. The van der Waals surface area contributed by atoms with Crippen LogP contribution in [-0.2, 0) is 17.8 Å². The molecule has 5 rings (SSSR count). The molecule has 2 aliphatic rings. The van der Waals surface area contributed by atoms with Crippen molar-refractivity contribution >= 4 is 34.0 Å². The topological polar surface area (TPSA) is 74.3 Å². The molecule has 2 aliphatic heterocycles. The molecule has 3 heterocycles. The Labute approximate surface area is 166 Å². The van der Waals surface area contributed by atoms with Crippen molar-refractivity contribution in [1.82, 2.24) is 9.88 Å². The zero-order valence-electron chi connectivity index (χ0n) is 15.1. The third-order valence-corrected chi connectivity index (χ3v) is 5.83. The van der Waals surface area contributed by atoms with E-state index in [4.69, 9.17) is 0 Å². The van der Waals surface area contributed by atoms with E-state index in [0.29, 0.717) is 17.2 Å². The fourth-order valence-electron chi connectivity index (χ4n) is 3.79. The summed E-state index contributed by atoms with van der Waals surface area (Å²) in [6, 6.07) is 12.4. The van der Waals surface area contributed by atoms with Crippen LogP contribution in [0.2, 0.25) is 0 Å². The van der Waals surface area contributed by atoms with Crippen LogP contribution in [0.3, 0.4) is 0 Å². The first-order chi connectivity index (χ1) is 13.7. The van der Waals surface area contributed by atoms with Gasteiger partial charge in [0.2, 0.25) is 5.91 Å². The highest BCUT2D eigenvalue weighted by Crippen LogP contribution is 2.32. The Kier molecular flexibility index (Phi) is 4.09. The standard InChI is InChI=1S/C21H18N4O2S/c26-19(24-21-23-7-8-28-21)12-25-11-16-10-13(1-3-17(16)20(25)27)14-2-4-18-15(9-14)5-6-22-18/h1-4,7-10,22H,5-6,11-12H2,(H,23,24,26). The van der Waals surface area contributed by atoms with Gasteiger partial charge in [-0.1, -0.05) is 12.1 Å². The normalized spacial score (nSPS) is 14.6. The van der Waals surface area contributed by atoms with Crippen LogP contribution in [0.4, 0.5) is 10.8 Å². The molecule has 0 spiro atoms. The Morgan fingerprint density at radius 2 is 2.00 bits per heavy atom. The van der Waals surface area contributed by atoms with Crippen LogP contribution < -0.4 is 10.6 Å². The number of hydrogen-bond acceptors (Lipinski definition) is 5. The van der Waals surface area contributed by atoms with Crippen molar-refractivity contribution in [3.05, 3.63) is 64.7 Å². The highest BCUT2D eigenvalue weighted by atomic mass is 32.1. The molecule has 0 radical (unpaired) electrons. The van der Waals surface area contributed by atoms with Gasteiger partial charge in [-0.05, 0) is 52.9 Å². The molecule has 28 heavy (non-hydrogen) atoms. The molecule has 6 nitrogen and oxygen atoms in total. The summed E-state index contributed by atoms with van der Waals surface area (Å²) in [5, 5.41) is 8.44. The number of hydrogen-bond donors (Lipinski definition) is 2. The Bertz CT molecular complexity index is 1080. The minimum Gasteiger partial charge on any atom is -0.384 e. The third kappa shape index (κ3) is 3.03. The number of carbonyl (C=O) groups is 2. The fourth-order valence-corrected chi connectivity index (χ4v) is 4.34. The molecule has 0 aliphatic carbocycles. The van der Waals surface area contributed by atoms with Gasteiger partial charge in [0.1, 0.15) is 6.54 Å². The second-order valence-electron chi connectivity index (χ2n) is 6.97. The lowest BCUT2D eigenvalue weighted by atomic mass is 9.98. The average Bonchev–Trinajstić information content (AvgIpc) is 3.42. The van der Waals surface area contributed by atoms with E-state index in [0.717, 1.165) is 29.7 Å². The van der Waals surface area contributed by atoms with E-state index in [1.165, 1.54) is 22.6 Å². The van der Waals surface area contributed by atoms with Crippen molar-refractivity contribution in [2.45, 2.75) is 13.0 Å². The van der Waals surface area contributed by atoms with E-state index in [1.54, 1.807) is 16.5 Å². The van der Waals surface area contributed by atoms with Gasteiger partial charge in [-0.15, -0.1) is 11.3 Å². The van der Waals surface area contributed by atoms with Gasteiger partial charge in [0.05, 0.1) is 0 Å². The first-order valence-electron chi connectivity index (χ1n) is 9.16. The van der Waals surface area contributed by atoms with Crippen molar-refractivity contribution in [2.24, 2.45) is 0 Å². The molecular weight excluding hydrogens is 372 g/mol. The van der Waals surface area contributed by atoms with Crippen LogP contribution in [-0.4, -0.2) is 34.8 Å². The number of benzene rings is 2. The number of carbonyl (C=O) groups excluding carboxylic acids is 2. The van der Waals surface area contributed by atoms with E-state index in [2.05, 4.69) is 39.9 Å². The van der Waals surface area contributed by atoms with Crippen LogP contribution >= 0.6 is 11.3 Å². The largest absolute Gasteiger partial charge is 0.384 e. The van der Waals surface area contributed by atoms with Crippen LogP contribution in [0, 0.1) is 0 Å². The molecule has 0 fully saturated rings. The summed E-state index contributed by atoms with van der Waals surface area (Å²) >= 11 is 1.35. The maximum absolute atomic E-state index is 12.7. The molecule has 2 aromatic carbocycles. The lowest BCUT2D eigenvalue weighted by Crippen LogP contribution is -2.33. The summed E-state index contributed by atoms with van der Waals surface area (Å²) in [4.78, 5) is 30.5. The van der Waals surface area contributed by atoms with Crippen molar-refractivity contribution in [3.8, 4) is 11.1 Å². The molecule has 0 atom stereocenters. The maximum Gasteiger partial charge on any atom is 0.254 e. The Morgan fingerprint density at radius 3 is 2.82 bits per heavy atom. The number of amides is 2. The van der Waals surface area contributed by atoms with E-state index in [1.807, 2.05) is 12.1 Å². The summed E-state index contributed by atoms with van der Waals surface area (Å²) in [6.45, 7) is 1.45. The zero-order valence-corrected chi connectivity index (χ0v) is 15.9. The molecular formula is C21H18N4O2S. The minimum absolute atomic E-state index is 0.0208. The number of rotatable bonds is 4. The summed E-state index contributed by atoms with van der Waals surface area (Å²) in [5.74, 6) is -0.337. The second kappa shape index (κ2) is 6.76. The van der Waals surface area contributed by atoms with E-state index < -0.39 is 0 Å². The number of thiazole rings is 1. The summed E-state index contributed by atoms with van der Waals surface area (Å²) in [5.41, 5.74) is 6.41. The second-order valence-corrected chi connectivity index (χ2v) is 7.86. The Hall–Kier alpha value is -3.19. The third-order valence-electron chi connectivity index (χ3n) is 5.15. The lowest BCUT2D eigenvalue weighted by Gasteiger charge is -2.14. The monoisotopic (exact) mass is 390 g/mol. The first kappa shape index (κ1) is 16.9. The smallest absolute Gasteiger partial charge is 0.254 e. The summed E-state index contributed by atoms with van der Waals surface area (Å²) in [6.07, 6.45) is 2.67. The van der Waals surface area contributed by atoms with Gasteiger partial charge < -0.3 is 15.5 Å². The summed E-state index contributed by atoms with van der Waals surface area (Å²) < 4.78 is 0. The minimum atomic E-state index is -0.234. The van der Waals surface area contributed by atoms with Gasteiger partial charge in [0.25, 0.3) is 5.91 Å².